The predicted octanol–water partition coefficient (Wildman–Crippen LogP) is 2.60. The van der Waals surface area contributed by atoms with Gasteiger partial charge in [0.15, 0.2) is 5.65 Å². The Kier molecular flexibility index (Phi) is 3.65. The largest absolute Gasteiger partial charge is 0.366 e. The van der Waals surface area contributed by atoms with E-state index in [4.69, 9.17) is 5.73 Å². The van der Waals surface area contributed by atoms with Gasteiger partial charge in [0.2, 0.25) is 5.95 Å². The van der Waals surface area contributed by atoms with Crippen LogP contribution in [0.2, 0.25) is 0 Å². The number of carbonyl (C=O) groups is 1. The highest BCUT2D eigenvalue weighted by Crippen LogP contribution is 2.24. The standard InChI is InChI=1S/C18H19N5O/c19-18-20-16-15(5-4-12-23(16)21-18)13-6-8-14(9-7-13)17(24)22-10-2-1-3-11-22/h4-9,12H,1-3,10-11H2,(H2,19,21). The van der Waals surface area contributed by atoms with Crippen LogP contribution in [-0.4, -0.2) is 38.5 Å². The number of likely N-dealkylation sites (tertiary alicyclic amines) is 1. The molecule has 6 heteroatoms. The van der Waals surface area contributed by atoms with Crippen LogP contribution < -0.4 is 5.73 Å². The van der Waals surface area contributed by atoms with E-state index >= 15 is 0 Å². The number of amides is 1. The lowest BCUT2D eigenvalue weighted by molar-refractivity contribution is 0.0724. The molecule has 3 heterocycles. The third-order valence-corrected chi connectivity index (χ3v) is 4.46. The number of nitrogens with two attached hydrogens (primary N) is 1. The van der Waals surface area contributed by atoms with E-state index in [1.807, 2.05) is 47.5 Å². The first-order chi connectivity index (χ1) is 11.7. The lowest BCUT2D eigenvalue weighted by Gasteiger charge is -2.26. The summed E-state index contributed by atoms with van der Waals surface area (Å²) >= 11 is 0. The second kappa shape index (κ2) is 5.96. The van der Waals surface area contributed by atoms with Gasteiger partial charge in [0.1, 0.15) is 0 Å². The molecule has 0 spiro atoms. The second-order valence-corrected chi connectivity index (χ2v) is 6.09. The minimum absolute atomic E-state index is 0.117. The number of rotatable bonds is 2. The minimum atomic E-state index is 0.117. The van der Waals surface area contributed by atoms with Gasteiger partial charge in [0.25, 0.3) is 5.91 Å². The van der Waals surface area contributed by atoms with Crippen LogP contribution in [0.4, 0.5) is 5.95 Å². The van der Waals surface area contributed by atoms with E-state index in [-0.39, 0.29) is 11.9 Å². The Morgan fingerprint density at radius 3 is 2.54 bits per heavy atom. The molecule has 2 N–H and O–H groups in total. The summed E-state index contributed by atoms with van der Waals surface area (Å²) in [6.07, 6.45) is 5.23. The summed E-state index contributed by atoms with van der Waals surface area (Å²) in [5.74, 6) is 0.366. The van der Waals surface area contributed by atoms with Crippen molar-refractivity contribution in [2.75, 3.05) is 18.8 Å². The molecular formula is C18H19N5O. The number of benzene rings is 1. The van der Waals surface area contributed by atoms with Gasteiger partial charge in [-0.1, -0.05) is 12.1 Å². The molecule has 0 atom stereocenters. The number of hydrogen-bond donors (Lipinski definition) is 1. The van der Waals surface area contributed by atoms with Crippen molar-refractivity contribution in [2.45, 2.75) is 19.3 Å². The maximum Gasteiger partial charge on any atom is 0.253 e. The first-order valence-electron chi connectivity index (χ1n) is 8.23. The average Bonchev–Trinajstić information content (AvgIpc) is 3.02. The highest BCUT2D eigenvalue weighted by atomic mass is 16.2. The molecule has 1 aliphatic rings. The number of anilines is 1. The van der Waals surface area contributed by atoms with E-state index < -0.39 is 0 Å². The normalized spacial score (nSPS) is 14.9. The minimum Gasteiger partial charge on any atom is -0.366 e. The summed E-state index contributed by atoms with van der Waals surface area (Å²) in [6, 6.07) is 11.6. The SMILES string of the molecule is Nc1nc2c(-c3ccc(C(=O)N4CCCCC4)cc3)cccn2n1. The highest BCUT2D eigenvalue weighted by Gasteiger charge is 2.18. The van der Waals surface area contributed by atoms with Crippen molar-refractivity contribution in [1.82, 2.24) is 19.5 Å². The van der Waals surface area contributed by atoms with Gasteiger partial charge in [0, 0.05) is 30.4 Å². The van der Waals surface area contributed by atoms with Crippen molar-refractivity contribution in [3.05, 3.63) is 48.2 Å². The lowest BCUT2D eigenvalue weighted by Crippen LogP contribution is -2.35. The van der Waals surface area contributed by atoms with Crippen LogP contribution in [-0.2, 0) is 0 Å². The van der Waals surface area contributed by atoms with Gasteiger partial charge in [-0.05, 0) is 49.1 Å². The second-order valence-electron chi connectivity index (χ2n) is 6.09. The zero-order chi connectivity index (χ0) is 16.5. The molecule has 1 aliphatic heterocycles. The van der Waals surface area contributed by atoms with Gasteiger partial charge in [-0.3, -0.25) is 4.79 Å². The van der Waals surface area contributed by atoms with Crippen LogP contribution in [0, 0.1) is 0 Å². The molecule has 0 unspecified atom stereocenters. The Hall–Kier alpha value is -2.89. The summed E-state index contributed by atoms with van der Waals surface area (Å²) in [7, 11) is 0. The number of aromatic nitrogens is 3. The molecule has 0 radical (unpaired) electrons. The Morgan fingerprint density at radius 2 is 1.79 bits per heavy atom. The number of piperidine rings is 1. The van der Waals surface area contributed by atoms with E-state index in [2.05, 4.69) is 10.1 Å². The van der Waals surface area contributed by atoms with Gasteiger partial charge in [-0.25, -0.2) is 4.52 Å². The van der Waals surface area contributed by atoms with Crippen LogP contribution in [0.3, 0.4) is 0 Å². The van der Waals surface area contributed by atoms with E-state index in [0.717, 1.165) is 42.6 Å². The summed E-state index contributed by atoms with van der Waals surface area (Å²) in [5.41, 5.74) is 9.07. The van der Waals surface area contributed by atoms with Crippen LogP contribution >= 0.6 is 0 Å². The molecule has 0 aliphatic carbocycles. The molecule has 1 fully saturated rings. The topological polar surface area (TPSA) is 76.5 Å². The summed E-state index contributed by atoms with van der Waals surface area (Å²) in [5, 5.41) is 4.13. The Bertz CT molecular complexity index is 878. The molecule has 1 amide bonds. The van der Waals surface area contributed by atoms with Gasteiger partial charge < -0.3 is 10.6 Å². The van der Waals surface area contributed by atoms with E-state index in [0.29, 0.717) is 5.65 Å². The summed E-state index contributed by atoms with van der Waals surface area (Å²) < 4.78 is 1.66. The molecule has 1 saturated heterocycles. The smallest absolute Gasteiger partial charge is 0.253 e. The summed E-state index contributed by atoms with van der Waals surface area (Å²) in [6.45, 7) is 1.72. The first kappa shape index (κ1) is 14.7. The van der Waals surface area contributed by atoms with Crippen molar-refractivity contribution in [2.24, 2.45) is 0 Å². The zero-order valence-electron chi connectivity index (χ0n) is 13.4. The van der Waals surface area contributed by atoms with E-state index in [1.165, 1.54) is 6.42 Å². The van der Waals surface area contributed by atoms with Gasteiger partial charge in [0.05, 0.1) is 0 Å². The van der Waals surface area contributed by atoms with Crippen LogP contribution in [0.25, 0.3) is 16.8 Å². The monoisotopic (exact) mass is 321 g/mol. The van der Waals surface area contributed by atoms with Crippen molar-refractivity contribution in [3.8, 4) is 11.1 Å². The fraction of sp³-hybridized carbons (Fsp3) is 0.278. The fourth-order valence-electron chi connectivity index (χ4n) is 3.22. The van der Waals surface area contributed by atoms with Crippen molar-refractivity contribution in [3.63, 3.8) is 0 Å². The zero-order valence-corrected chi connectivity index (χ0v) is 13.4. The predicted molar refractivity (Wildman–Crippen MR) is 92.6 cm³/mol. The average molecular weight is 321 g/mol. The van der Waals surface area contributed by atoms with Crippen LogP contribution in [0.5, 0.6) is 0 Å². The highest BCUT2D eigenvalue weighted by molar-refractivity contribution is 5.95. The Balaban J connectivity index is 1.64. The third kappa shape index (κ3) is 2.60. The van der Waals surface area contributed by atoms with Gasteiger partial charge >= 0.3 is 0 Å². The molecule has 0 saturated carbocycles. The van der Waals surface area contributed by atoms with Gasteiger partial charge in [-0.2, -0.15) is 4.98 Å². The number of hydrogen-bond acceptors (Lipinski definition) is 4. The summed E-state index contributed by atoms with van der Waals surface area (Å²) in [4.78, 5) is 18.8. The van der Waals surface area contributed by atoms with Crippen molar-refractivity contribution in [1.29, 1.82) is 0 Å². The number of fused-ring (bicyclic) bond motifs is 1. The van der Waals surface area contributed by atoms with E-state index in [1.54, 1.807) is 4.52 Å². The fourth-order valence-corrected chi connectivity index (χ4v) is 3.22. The number of carbonyl (C=O) groups excluding carboxylic acids is 1. The molecule has 24 heavy (non-hydrogen) atoms. The van der Waals surface area contributed by atoms with Crippen molar-refractivity contribution >= 4 is 17.5 Å². The number of pyridine rings is 1. The molecule has 2 aromatic heterocycles. The molecule has 4 rings (SSSR count). The van der Waals surface area contributed by atoms with E-state index in [9.17, 15) is 4.79 Å². The molecule has 0 bridgehead atoms. The molecule has 6 nitrogen and oxygen atoms in total. The quantitative estimate of drug-likeness (QED) is 0.787. The van der Waals surface area contributed by atoms with Gasteiger partial charge in [-0.15, -0.1) is 5.10 Å². The third-order valence-electron chi connectivity index (χ3n) is 4.46. The number of nitrogens with zero attached hydrogens (tertiary/aromatic N) is 4. The molecule has 122 valence electrons. The maximum absolute atomic E-state index is 12.5. The first-order valence-corrected chi connectivity index (χ1v) is 8.23. The Morgan fingerprint density at radius 1 is 1.04 bits per heavy atom. The lowest BCUT2D eigenvalue weighted by atomic mass is 10.0. The molecular weight excluding hydrogens is 302 g/mol. The maximum atomic E-state index is 12.5. The van der Waals surface area contributed by atoms with Crippen molar-refractivity contribution < 1.29 is 4.79 Å². The number of nitrogen functional groups attached to an aromatic ring is 1. The molecule has 1 aromatic carbocycles. The molecule has 3 aromatic rings. The van der Waals surface area contributed by atoms with Crippen LogP contribution in [0.15, 0.2) is 42.6 Å². The van der Waals surface area contributed by atoms with Crippen LogP contribution in [0.1, 0.15) is 29.6 Å². The Labute approximate surface area is 139 Å².